The molecule has 0 heterocycles. The van der Waals surface area contributed by atoms with E-state index in [0.29, 0.717) is 23.0 Å². The molecule has 6 heteroatoms. The highest BCUT2D eigenvalue weighted by atomic mass is 35.5. The summed E-state index contributed by atoms with van der Waals surface area (Å²) in [4.78, 5) is 13.0. The zero-order chi connectivity index (χ0) is 13.1. The number of nitrogens with two attached hydrogens (primary N) is 1. The summed E-state index contributed by atoms with van der Waals surface area (Å²) in [5, 5.41) is 3.33. The van der Waals surface area contributed by atoms with Crippen LogP contribution in [0.4, 0.5) is 0 Å². The van der Waals surface area contributed by atoms with Gasteiger partial charge in [0.05, 0.1) is 10.6 Å². The van der Waals surface area contributed by atoms with Crippen LogP contribution in [0.15, 0.2) is 23.1 Å². The van der Waals surface area contributed by atoms with Crippen molar-refractivity contribution in [1.29, 1.82) is 0 Å². The number of hydrogen-bond acceptors (Lipinski definition) is 3. The summed E-state index contributed by atoms with van der Waals surface area (Å²) in [6.45, 7) is 0.517. The lowest BCUT2D eigenvalue weighted by molar-refractivity contribution is 0.0950. The van der Waals surface area contributed by atoms with E-state index in [9.17, 15) is 4.79 Å². The number of carbonyl (C=O) groups excluding carboxylic acids is 1. The van der Waals surface area contributed by atoms with Crippen LogP contribution < -0.4 is 11.1 Å². The average Bonchev–Trinajstić information content (AvgIpc) is 3.20. The van der Waals surface area contributed by atoms with Crippen molar-refractivity contribution in [3.8, 4) is 0 Å². The lowest BCUT2D eigenvalue weighted by atomic mass is 10.1. The van der Waals surface area contributed by atoms with Gasteiger partial charge in [-0.1, -0.05) is 11.6 Å². The van der Waals surface area contributed by atoms with Gasteiger partial charge in [0.1, 0.15) is 0 Å². The molecule has 2 rings (SSSR count). The maximum absolute atomic E-state index is 12.0. The molecule has 0 aromatic heterocycles. The quantitative estimate of drug-likeness (QED) is 0.820. The summed E-state index contributed by atoms with van der Waals surface area (Å²) in [5.41, 5.74) is 6.47. The van der Waals surface area contributed by atoms with Gasteiger partial charge in [0, 0.05) is 17.5 Å². The molecular formula is C13H18Cl2N2OS. The Bertz CT molecular complexity index is 452. The van der Waals surface area contributed by atoms with Gasteiger partial charge in [0.25, 0.3) is 5.91 Å². The first-order valence-corrected chi connectivity index (χ1v) is 7.59. The van der Waals surface area contributed by atoms with E-state index in [-0.39, 0.29) is 24.4 Å². The molecule has 1 unspecified atom stereocenters. The second-order valence-electron chi connectivity index (χ2n) is 4.56. The van der Waals surface area contributed by atoms with Crippen LogP contribution in [0.2, 0.25) is 5.02 Å². The summed E-state index contributed by atoms with van der Waals surface area (Å²) in [6, 6.07) is 5.53. The number of hydrogen-bond donors (Lipinski definition) is 2. The first kappa shape index (κ1) is 16.6. The summed E-state index contributed by atoms with van der Waals surface area (Å²) >= 11 is 7.62. The van der Waals surface area contributed by atoms with Gasteiger partial charge in [0.2, 0.25) is 0 Å². The maximum Gasteiger partial charge on any atom is 0.252 e. The lowest BCUT2D eigenvalue weighted by Crippen LogP contribution is -2.38. The predicted molar refractivity (Wildman–Crippen MR) is 83.5 cm³/mol. The van der Waals surface area contributed by atoms with E-state index in [1.54, 1.807) is 17.8 Å². The smallest absolute Gasteiger partial charge is 0.252 e. The molecule has 1 aromatic rings. The molecule has 19 heavy (non-hydrogen) atoms. The van der Waals surface area contributed by atoms with E-state index in [1.807, 2.05) is 18.4 Å². The predicted octanol–water partition coefficient (Wildman–Crippen LogP) is 2.95. The summed E-state index contributed by atoms with van der Waals surface area (Å²) in [5.74, 6) is 0.435. The Kier molecular flexibility index (Phi) is 6.47. The van der Waals surface area contributed by atoms with Gasteiger partial charge in [-0.15, -0.1) is 24.2 Å². The van der Waals surface area contributed by atoms with E-state index >= 15 is 0 Å². The number of thioether (sulfide) groups is 1. The molecule has 1 amide bonds. The monoisotopic (exact) mass is 320 g/mol. The van der Waals surface area contributed by atoms with Gasteiger partial charge in [-0.3, -0.25) is 4.79 Å². The summed E-state index contributed by atoms with van der Waals surface area (Å²) < 4.78 is 0. The van der Waals surface area contributed by atoms with Crippen molar-refractivity contribution in [2.24, 2.45) is 11.7 Å². The second-order valence-corrected chi connectivity index (χ2v) is 5.84. The minimum Gasteiger partial charge on any atom is -0.350 e. The molecular weight excluding hydrogens is 303 g/mol. The zero-order valence-electron chi connectivity index (χ0n) is 10.7. The largest absolute Gasteiger partial charge is 0.350 e. The molecule has 1 aromatic carbocycles. The summed E-state index contributed by atoms with van der Waals surface area (Å²) in [7, 11) is 0. The van der Waals surface area contributed by atoms with Crippen LogP contribution in [0.25, 0.3) is 0 Å². The first-order valence-electron chi connectivity index (χ1n) is 5.99. The van der Waals surface area contributed by atoms with Gasteiger partial charge in [-0.25, -0.2) is 0 Å². The third-order valence-electron chi connectivity index (χ3n) is 3.14. The van der Waals surface area contributed by atoms with Crippen LogP contribution in [0.3, 0.4) is 0 Å². The molecule has 0 bridgehead atoms. The van der Waals surface area contributed by atoms with Crippen molar-refractivity contribution in [3.63, 3.8) is 0 Å². The molecule has 3 nitrogen and oxygen atoms in total. The second kappa shape index (κ2) is 7.39. The number of benzene rings is 1. The average molecular weight is 321 g/mol. The van der Waals surface area contributed by atoms with Gasteiger partial charge >= 0.3 is 0 Å². The van der Waals surface area contributed by atoms with Crippen molar-refractivity contribution >= 4 is 41.7 Å². The van der Waals surface area contributed by atoms with Gasteiger partial charge in [0.15, 0.2) is 0 Å². The van der Waals surface area contributed by atoms with Crippen LogP contribution >= 0.6 is 35.8 Å². The van der Waals surface area contributed by atoms with E-state index in [1.165, 1.54) is 12.8 Å². The molecule has 1 aliphatic rings. The molecule has 3 N–H and O–H groups in total. The number of carbonyl (C=O) groups is 1. The van der Waals surface area contributed by atoms with Crippen LogP contribution in [0.1, 0.15) is 23.2 Å². The Morgan fingerprint density at radius 1 is 1.58 bits per heavy atom. The van der Waals surface area contributed by atoms with Crippen molar-refractivity contribution in [3.05, 3.63) is 28.8 Å². The number of nitrogens with one attached hydrogen (secondary N) is 1. The third-order valence-corrected chi connectivity index (χ3v) is 4.20. The number of halogens is 2. The van der Waals surface area contributed by atoms with Crippen LogP contribution in [0, 0.1) is 5.92 Å². The van der Waals surface area contributed by atoms with E-state index < -0.39 is 0 Å². The van der Waals surface area contributed by atoms with Crippen LogP contribution in [-0.2, 0) is 0 Å². The molecule has 1 fully saturated rings. The van der Waals surface area contributed by atoms with E-state index in [4.69, 9.17) is 17.3 Å². The fraction of sp³-hybridized carbons (Fsp3) is 0.462. The van der Waals surface area contributed by atoms with Crippen molar-refractivity contribution in [1.82, 2.24) is 5.32 Å². The Morgan fingerprint density at radius 2 is 2.26 bits per heavy atom. The van der Waals surface area contributed by atoms with Gasteiger partial charge in [-0.2, -0.15) is 0 Å². The van der Waals surface area contributed by atoms with Crippen LogP contribution in [-0.4, -0.2) is 24.7 Å². The van der Waals surface area contributed by atoms with Crippen LogP contribution in [0.5, 0.6) is 0 Å². The molecule has 1 aliphatic carbocycles. The van der Waals surface area contributed by atoms with E-state index in [0.717, 1.165) is 4.90 Å². The third kappa shape index (κ3) is 4.56. The molecule has 1 atom stereocenters. The lowest BCUT2D eigenvalue weighted by Gasteiger charge is -2.12. The molecule has 0 aliphatic heterocycles. The van der Waals surface area contributed by atoms with Gasteiger partial charge < -0.3 is 11.1 Å². The molecule has 0 spiro atoms. The van der Waals surface area contributed by atoms with Crippen molar-refractivity contribution in [2.75, 3.05) is 12.8 Å². The number of rotatable bonds is 5. The first-order chi connectivity index (χ1) is 8.61. The minimum atomic E-state index is -0.146. The molecule has 106 valence electrons. The summed E-state index contributed by atoms with van der Waals surface area (Å²) in [6.07, 6.45) is 4.33. The van der Waals surface area contributed by atoms with Crippen molar-refractivity contribution in [2.45, 2.75) is 23.8 Å². The normalized spacial score (nSPS) is 15.5. The fourth-order valence-corrected chi connectivity index (χ4v) is 2.45. The van der Waals surface area contributed by atoms with Gasteiger partial charge in [-0.05, 0) is 43.2 Å². The molecule has 1 saturated carbocycles. The minimum absolute atomic E-state index is 0. The maximum atomic E-state index is 12.0. The Labute approximate surface area is 129 Å². The van der Waals surface area contributed by atoms with E-state index in [2.05, 4.69) is 5.32 Å². The highest BCUT2D eigenvalue weighted by Gasteiger charge is 2.28. The SMILES string of the molecule is CSc1ccc(Cl)c(C(=O)NCC(N)C2CC2)c1.Cl. The molecule has 0 saturated heterocycles. The Hall–Kier alpha value is -0.420. The van der Waals surface area contributed by atoms with Crippen molar-refractivity contribution < 1.29 is 4.79 Å². The zero-order valence-corrected chi connectivity index (χ0v) is 13.1. The molecule has 0 radical (unpaired) electrons. The standard InChI is InChI=1S/C13H17ClN2OS.ClH/c1-18-9-4-5-11(14)10(6-9)13(17)16-7-12(15)8-2-3-8;/h4-6,8,12H,2-3,7,15H2,1H3,(H,16,17);1H. The topological polar surface area (TPSA) is 55.1 Å². The Balaban J connectivity index is 0.00000180. The highest BCUT2D eigenvalue weighted by Crippen LogP contribution is 2.31. The highest BCUT2D eigenvalue weighted by molar-refractivity contribution is 7.98. The Morgan fingerprint density at radius 3 is 2.84 bits per heavy atom. The number of amides is 1. The fourth-order valence-electron chi connectivity index (χ4n) is 1.80.